The second-order valence-electron chi connectivity index (χ2n) is 12.9. The van der Waals surface area contributed by atoms with Crippen LogP contribution >= 0.6 is 0 Å². The van der Waals surface area contributed by atoms with Crippen LogP contribution in [-0.2, 0) is 0 Å². The smallest absolute Gasteiger partial charge is 0.164 e. The van der Waals surface area contributed by atoms with Crippen LogP contribution < -0.4 is 0 Å². The van der Waals surface area contributed by atoms with Gasteiger partial charge in [-0.3, -0.25) is 0 Å². The summed E-state index contributed by atoms with van der Waals surface area (Å²) >= 11 is 0. The largest absolute Gasteiger partial charge is 0.244 e. The molecular formula is C48H30N6. The Morgan fingerprint density at radius 2 is 0.667 bits per heavy atom. The molecular weight excluding hydrogens is 661 g/mol. The molecule has 2 aromatic heterocycles. The van der Waals surface area contributed by atoms with Crippen molar-refractivity contribution in [3.05, 3.63) is 188 Å². The third kappa shape index (κ3) is 6.50. The number of para-hydroxylation sites is 2. The number of aromatic nitrogens is 5. The Morgan fingerprint density at radius 3 is 1.17 bits per heavy atom. The Kier molecular flexibility index (Phi) is 8.48. The fourth-order valence-electron chi connectivity index (χ4n) is 6.59. The van der Waals surface area contributed by atoms with Gasteiger partial charge in [-0.2, -0.15) is 5.26 Å². The number of nitriles is 1. The van der Waals surface area contributed by atoms with Crippen LogP contribution in [0.3, 0.4) is 0 Å². The molecule has 54 heavy (non-hydrogen) atoms. The van der Waals surface area contributed by atoms with Crippen LogP contribution in [0.1, 0.15) is 5.56 Å². The standard InChI is InChI=1S/C48H30N6/c49-31-32-11-9-16-39(29-32)44-45(51-43-20-8-7-19-42(43)50-44)40-17-10-18-41(30-40)48-53-46(37-25-21-35(22-26-37)33-12-3-1-4-13-33)52-47(54-48)38-27-23-36(24-28-38)34-14-5-2-6-15-34/h1-30H. The number of fused-ring (bicyclic) bond motifs is 1. The fourth-order valence-corrected chi connectivity index (χ4v) is 6.59. The highest BCUT2D eigenvalue weighted by Crippen LogP contribution is 2.34. The van der Waals surface area contributed by atoms with Crippen molar-refractivity contribution >= 4 is 11.0 Å². The molecule has 0 amide bonds. The molecule has 0 saturated carbocycles. The molecule has 6 nitrogen and oxygen atoms in total. The molecule has 0 spiro atoms. The second-order valence-corrected chi connectivity index (χ2v) is 12.9. The number of hydrogen-bond donors (Lipinski definition) is 0. The van der Waals surface area contributed by atoms with E-state index < -0.39 is 0 Å². The van der Waals surface area contributed by atoms with Crippen molar-refractivity contribution in [2.24, 2.45) is 0 Å². The van der Waals surface area contributed by atoms with E-state index >= 15 is 0 Å². The van der Waals surface area contributed by atoms with Crippen LogP contribution in [-0.4, -0.2) is 24.9 Å². The maximum absolute atomic E-state index is 9.67. The van der Waals surface area contributed by atoms with Crippen molar-refractivity contribution in [1.29, 1.82) is 5.26 Å². The lowest BCUT2D eigenvalue weighted by Gasteiger charge is -2.13. The van der Waals surface area contributed by atoms with Crippen molar-refractivity contribution < 1.29 is 0 Å². The lowest BCUT2D eigenvalue weighted by molar-refractivity contribution is 1.07. The van der Waals surface area contributed by atoms with Crippen LogP contribution in [0, 0.1) is 11.3 Å². The van der Waals surface area contributed by atoms with E-state index in [0.29, 0.717) is 34.4 Å². The number of rotatable bonds is 7. The molecule has 9 aromatic rings. The van der Waals surface area contributed by atoms with Crippen molar-refractivity contribution in [3.8, 4) is 85.0 Å². The third-order valence-corrected chi connectivity index (χ3v) is 9.37. The SMILES string of the molecule is N#Cc1cccc(-c2nc3ccccc3nc2-c2cccc(-c3nc(-c4ccc(-c5ccccc5)cc4)nc(-c4ccc(-c5ccccc5)cc4)n3)c2)c1. The summed E-state index contributed by atoms with van der Waals surface area (Å²) in [6.07, 6.45) is 0. The van der Waals surface area contributed by atoms with Gasteiger partial charge in [0.2, 0.25) is 0 Å². The Morgan fingerprint density at radius 1 is 0.296 bits per heavy atom. The lowest BCUT2D eigenvalue weighted by Crippen LogP contribution is -2.01. The molecule has 2 heterocycles. The van der Waals surface area contributed by atoms with E-state index in [2.05, 4.69) is 84.9 Å². The van der Waals surface area contributed by atoms with E-state index in [1.165, 1.54) is 0 Å². The predicted octanol–water partition coefficient (Wildman–Crippen LogP) is 11.4. The van der Waals surface area contributed by atoms with Gasteiger partial charge in [-0.25, -0.2) is 24.9 Å². The molecule has 9 rings (SSSR count). The fraction of sp³-hybridized carbons (Fsp3) is 0. The van der Waals surface area contributed by atoms with Crippen molar-refractivity contribution in [2.75, 3.05) is 0 Å². The van der Waals surface area contributed by atoms with Gasteiger partial charge in [0.1, 0.15) is 0 Å². The highest BCUT2D eigenvalue weighted by atomic mass is 15.0. The van der Waals surface area contributed by atoms with Crippen LogP contribution in [0.2, 0.25) is 0 Å². The molecule has 0 aliphatic carbocycles. The molecule has 0 atom stereocenters. The van der Waals surface area contributed by atoms with Gasteiger partial charge in [-0.15, -0.1) is 0 Å². The summed E-state index contributed by atoms with van der Waals surface area (Å²) in [5.74, 6) is 1.69. The second kappa shape index (κ2) is 14.2. The Labute approximate surface area is 312 Å². The van der Waals surface area contributed by atoms with Gasteiger partial charge in [-0.05, 0) is 52.6 Å². The minimum atomic E-state index is 0.540. The zero-order chi connectivity index (χ0) is 36.3. The first-order valence-electron chi connectivity index (χ1n) is 17.6. The average Bonchev–Trinajstić information content (AvgIpc) is 3.26. The van der Waals surface area contributed by atoms with E-state index in [1.807, 2.05) is 97.1 Å². The van der Waals surface area contributed by atoms with Crippen molar-refractivity contribution in [1.82, 2.24) is 24.9 Å². The highest BCUT2D eigenvalue weighted by molar-refractivity contribution is 5.87. The maximum Gasteiger partial charge on any atom is 0.164 e. The van der Waals surface area contributed by atoms with E-state index in [0.717, 1.165) is 61.1 Å². The predicted molar refractivity (Wildman–Crippen MR) is 216 cm³/mol. The first kappa shape index (κ1) is 32.3. The summed E-state index contributed by atoms with van der Waals surface area (Å²) < 4.78 is 0. The van der Waals surface area contributed by atoms with Gasteiger partial charge in [0, 0.05) is 27.8 Å². The van der Waals surface area contributed by atoms with Crippen LogP contribution in [0.4, 0.5) is 0 Å². The summed E-state index contributed by atoms with van der Waals surface area (Å²) in [6.45, 7) is 0. The molecule has 0 bridgehead atoms. The summed E-state index contributed by atoms with van der Waals surface area (Å²) in [4.78, 5) is 25.3. The molecule has 252 valence electrons. The van der Waals surface area contributed by atoms with E-state index in [9.17, 15) is 5.26 Å². The van der Waals surface area contributed by atoms with Gasteiger partial charge < -0.3 is 0 Å². The monoisotopic (exact) mass is 690 g/mol. The van der Waals surface area contributed by atoms with E-state index in [4.69, 9.17) is 24.9 Å². The Hall–Kier alpha value is -7.62. The Balaban J connectivity index is 1.17. The average molecular weight is 691 g/mol. The highest BCUT2D eigenvalue weighted by Gasteiger charge is 2.17. The van der Waals surface area contributed by atoms with Crippen LogP contribution in [0.25, 0.3) is 90.0 Å². The molecule has 0 N–H and O–H groups in total. The van der Waals surface area contributed by atoms with Crippen molar-refractivity contribution in [3.63, 3.8) is 0 Å². The molecule has 0 aliphatic heterocycles. The molecule has 6 heteroatoms. The summed E-state index contributed by atoms with van der Waals surface area (Å²) in [7, 11) is 0. The van der Waals surface area contributed by atoms with E-state index in [-0.39, 0.29) is 0 Å². The zero-order valence-corrected chi connectivity index (χ0v) is 29.0. The summed E-state index contributed by atoms with van der Waals surface area (Å²) in [5, 5.41) is 9.67. The zero-order valence-electron chi connectivity index (χ0n) is 29.0. The summed E-state index contributed by atoms with van der Waals surface area (Å²) in [5.41, 5.74) is 12.3. The maximum atomic E-state index is 9.67. The normalized spacial score (nSPS) is 10.9. The molecule has 0 saturated heterocycles. The molecule has 0 fully saturated rings. The minimum Gasteiger partial charge on any atom is -0.244 e. The molecule has 0 radical (unpaired) electrons. The number of hydrogen-bond acceptors (Lipinski definition) is 6. The van der Waals surface area contributed by atoms with Gasteiger partial charge in [0.05, 0.1) is 34.1 Å². The lowest BCUT2D eigenvalue weighted by atomic mass is 10.00. The molecule has 0 aliphatic rings. The summed E-state index contributed by atoms with van der Waals surface area (Å²) in [6, 6.07) is 62.9. The number of nitrogens with zero attached hydrogens (tertiary/aromatic N) is 6. The van der Waals surface area contributed by atoms with Crippen LogP contribution in [0.15, 0.2) is 182 Å². The quantitative estimate of drug-likeness (QED) is 0.165. The Bertz CT molecular complexity index is 2710. The number of benzene rings is 7. The minimum absolute atomic E-state index is 0.540. The van der Waals surface area contributed by atoms with Gasteiger partial charge in [0.25, 0.3) is 0 Å². The van der Waals surface area contributed by atoms with Crippen molar-refractivity contribution in [2.45, 2.75) is 0 Å². The third-order valence-electron chi connectivity index (χ3n) is 9.37. The van der Waals surface area contributed by atoms with Gasteiger partial charge in [0.15, 0.2) is 17.5 Å². The topological polar surface area (TPSA) is 88.2 Å². The molecule has 0 unspecified atom stereocenters. The van der Waals surface area contributed by atoms with Gasteiger partial charge in [-0.1, -0.05) is 152 Å². The van der Waals surface area contributed by atoms with Gasteiger partial charge >= 0.3 is 0 Å². The first-order valence-corrected chi connectivity index (χ1v) is 17.6. The first-order chi connectivity index (χ1) is 26.7. The van der Waals surface area contributed by atoms with Crippen LogP contribution in [0.5, 0.6) is 0 Å². The van der Waals surface area contributed by atoms with E-state index in [1.54, 1.807) is 6.07 Å². The molecule has 7 aromatic carbocycles.